The third-order valence-electron chi connectivity index (χ3n) is 2.59. The fourth-order valence-electron chi connectivity index (χ4n) is 1.38. The van der Waals surface area contributed by atoms with Crippen LogP contribution in [0.5, 0.6) is 0 Å². The van der Waals surface area contributed by atoms with Crippen LogP contribution in [-0.4, -0.2) is 60.6 Å². The second-order valence-corrected chi connectivity index (χ2v) is 3.80. The molecule has 1 fully saturated rings. The van der Waals surface area contributed by atoms with Gasteiger partial charge < -0.3 is 10.0 Å². The lowest BCUT2D eigenvalue weighted by molar-refractivity contribution is -0.132. The number of carbonyl (C=O) groups is 1. The average molecular weight is 198 g/mol. The van der Waals surface area contributed by atoms with Crippen LogP contribution in [0, 0.1) is 0 Å². The molecule has 0 amide bonds. The van der Waals surface area contributed by atoms with Crippen LogP contribution in [0.15, 0.2) is 11.6 Å². The van der Waals surface area contributed by atoms with Gasteiger partial charge in [0.15, 0.2) is 0 Å². The monoisotopic (exact) mass is 198 g/mol. The van der Waals surface area contributed by atoms with Crippen LogP contribution in [0.25, 0.3) is 0 Å². The van der Waals surface area contributed by atoms with Gasteiger partial charge in [-0.2, -0.15) is 0 Å². The maximum Gasteiger partial charge on any atom is 0.330 e. The van der Waals surface area contributed by atoms with Crippen molar-refractivity contribution >= 4 is 5.97 Å². The number of aliphatic carboxylic acids is 1. The van der Waals surface area contributed by atoms with Gasteiger partial charge in [0.2, 0.25) is 0 Å². The van der Waals surface area contributed by atoms with Crippen molar-refractivity contribution in [3.05, 3.63) is 11.6 Å². The van der Waals surface area contributed by atoms with E-state index < -0.39 is 5.97 Å². The first-order valence-electron chi connectivity index (χ1n) is 4.90. The topological polar surface area (TPSA) is 43.8 Å². The van der Waals surface area contributed by atoms with Crippen molar-refractivity contribution in [2.45, 2.75) is 6.92 Å². The highest BCUT2D eigenvalue weighted by molar-refractivity contribution is 5.85. The molecule has 1 saturated heterocycles. The molecule has 0 aromatic rings. The summed E-state index contributed by atoms with van der Waals surface area (Å²) in [6, 6.07) is 0. The summed E-state index contributed by atoms with van der Waals surface area (Å²) in [6.45, 7) is 6.59. The summed E-state index contributed by atoms with van der Waals surface area (Å²) in [7, 11) is 2.11. The molecule has 0 aromatic carbocycles. The summed E-state index contributed by atoms with van der Waals surface area (Å²) < 4.78 is 0. The molecule has 0 radical (unpaired) electrons. The third kappa shape index (κ3) is 3.47. The largest absolute Gasteiger partial charge is 0.478 e. The number of nitrogens with zero attached hydrogens (tertiary/aromatic N) is 2. The van der Waals surface area contributed by atoms with Crippen molar-refractivity contribution < 1.29 is 9.90 Å². The Morgan fingerprint density at radius 1 is 1.36 bits per heavy atom. The Kier molecular flexibility index (Phi) is 4.10. The van der Waals surface area contributed by atoms with E-state index in [2.05, 4.69) is 16.8 Å². The summed E-state index contributed by atoms with van der Waals surface area (Å²) in [5.41, 5.74) is 0.434. The summed E-state index contributed by atoms with van der Waals surface area (Å²) in [6.07, 6.45) is 1.79. The number of hydrogen-bond donors (Lipinski definition) is 1. The fourth-order valence-corrected chi connectivity index (χ4v) is 1.38. The number of rotatable bonds is 3. The van der Waals surface area contributed by atoms with Crippen LogP contribution in [0.3, 0.4) is 0 Å². The fraction of sp³-hybridized carbons (Fsp3) is 0.700. The maximum atomic E-state index is 10.5. The van der Waals surface area contributed by atoms with Gasteiger partial charge in [0.05, 0.1) is 0 Å². The first-order chi connectivity index (χ1) is 6.59. The standard InChI is InChI=1S/C10H18N2O2/c1-9(10(13)14)3-4-12-7-5-11(2)6-8-12/h3H,4-8H2,1-2H3,(H,13,14)/b9-3-. The van der Waals surface area contributed by atoms with E-state index in [0.717, 1.165) is 32.7 Å². The van der Waals surface area contributed by atoms with Crippen LogP contribution < -0.4 is 0 Å². The molecule has 1 aliphatic heterocycles. The van der Waals surface area contributed by atoms with E-state index in [9.17, 15) is 4.79 Å². The predicted molar refractivity (Wildman–Crippen MR) is 55.3 cm³/mol. The lowest BCUT2D eigenvalue weighted by Gasteiger charge is -2.31. The van der Waals surface area contributed by atoms with Gasteiger partial charge in [-0.1, -0.05) is 6.08 Å². The molecule has 0 aliphatic carbocycles. The minimum absolute atomic E-state index is 0.434. The first kappa shape index (κ1) is 11.2. The minimum Gasteiger partial charge on any atom is -0.478 e. The molecule has 1 heterocycles. The molecule has 1 aliphatic rings. The SMILES string of the molecule is C/C(=C/CN1CCN(C)CC1)C(=O)O. The minimum atomic E-state index is -0.820. The van der Waals surface area contributed by atoms with Gasteiger partial charge >= 0.3 is 5.97 Å². The van der Waals surface area contributed by atoms with Crippen molar-refractivity contribution in [2.75, 3.05) is 39.8 Å². The van der Waals surface area contributed by atoms with Crippen LogP contribution in [-0.2, 0) is 4.79 Å². The molecular weight excluding hydrogens is 180 g/mol. The molecule has 1 rings (SSSR count). The Bertz CT molecular complexity index is 230. The van der Waals surface area contributed by atoms with Crippen LogP contribution in [0.2, 0.25) is 0 Å². The van der Waals surface area contributed by atoms with Gasteiger partial charge in [0, 0.05) is 38.3 Å². The maximum absolute atomic E-state index is 10.5. The van der Waals surface area contributed by atoms with E-state index in [1.54, 1.807) is 13.0 Å². The Balaban J connectivity index is 2.32. The normalized spacial score (nSPS) is 21.1. The lowest BCUT2D eigenvalue weighted by atomic mass is 10.2. The van der Waals surface area contributed by atoms with E-state index in [0.29, 0.717) is 5.57 Å². The quantitative estimate of drug-likeness (QED) is 0.661. The molecular formula is C10H18N2O2. The van der Waals surface area contributed by atoms with Gasteiger partial charge in [-0.05, 0) is 14.0 Å². The number of likely N-dealkylation sites (N-methyl/N-ethyl adjacent to an activating group) is 1. The second-order valence-electron chi connectivity index (χ2n) is 3.80. The summed E-state index contributed by atoms with van der Waals surface area (Å²) in [4.78, 5) is 15.1. The number of hydrogen-bond acceptors (Lipinski definition) is 3. The molecule has 14 heavy (non-hydrogen) atoms. The molecule has 4 heteroatoms. The van der Waals surface area contributed by atoms with Crippen LogP contribution in [0.4, 0.5) is 0 Å². The van der Waals surface area contributed by atoms with E-state index in [1.165, 1.54) is 0 Å². The highest BCUT2D eigenvalue weighted by Gasteiger charge is 2.12. The van der Waals surface area contributed by atoms with Gasteiger partial charge in [-0.3, -0.25) is 4.90 Å². The number of carboxylic acid groups (broad SMARTS) is 1. The molecule has 0 bridgehead atoms. The van der Waals surface area contributed by atoms with E-state index in [1.807, 2.05) is 0 Å². The van der Waals surface area contributed by atoms with Gasteiger partial charge in [0.25, 0.3) is 0 Å². The van der Waals surface area contributed by atoms with Crippen molar-refractivity contribution in [1.82, 2.24) is 9.80 Å². The van der Waals surface area contributed by atoms with Crippen molar-refractivity contribution in [2.24, 2.45) is 0 Å². The molecule has 1 N–H and O–H groups in total. The van der Waals surface area contributed by atoms with Gasteiger partial charge in [-0.25, -0.2) is 4.79 Å². The Hall–Kier alpha value is -0.870. The third-order valence-corrected chi connectivity index (χ3v) is 2.59. The molecule has 80 valence electrons. The van der Waals surface area contributed by atoms with Gasteiger partial charge in [0.1, 0.15) is 0 Å². The van der Waals surface area contributed by atoms with E-state index in [-0.39, 0.29) is 0 Å². The zero-order valence-electron chi connectivity index (χ0n) is 8.86. The molecule has 0 spiro atoms. The summed E-state index contributed by atoms with van der Waals surface area (Å²) in [5, 5.41) is 8.66. The van der Waals surface area contributed by atoms with Crippen molar-refractivity contribution in [1.29, 1.82) is 0 Å². The van der Waals surface area contributed by atoms with Crippen molar-refractivity contribution in [3.63, 3.8) is 0 Å². The number of carboxylic acids is 1. The smallest absolute Gasteiger partial charge is 0.330 e. The van der Waals surface area contributed by atoms with Gasteiger partial charge in [-0.15, -0.1) is 0 Å². The van der Waals surface area contributed by atoms with Crippen LogP contribution in [0.1, 0.15) is 6.92 Å². The van der Waals surface area contributed by atoms with Crippen LogP contribution >= 0.6 is 0 Å². The lowest BCUT2D eigenvalue weighted by Crippen LogP contribution is -2.44. The molecule has 4 nitrogen and oxygen atoms in total. The number of piperazine rings is 1. The summed E-state index contributed by atoms with van der Waals surface area (Å²) >= 11 is 0. The Morgan fingerprint density at radius 3 is 2.43 bits per heavy atom. The molecule has 0 unspecified atom stereocenters. The zero-order valence-corrected chi connectivity index (χ0v) is 8.86. The van der Waals surface area contributed by atoms with E-state index in [4.69, 9.17) is 5.11 Å². The Labute approximate surface area is 84.8 Å². The first-order valence-corrected chi connectivity index (χ1v) is 4.90. The molecule has 0 saturated carbocycles. The van der Waals surface area contributed by atoms with Crippen molar-refractivity contribution in [3.8, 4) is 0 Å². The van der Waals surface area contributed by atoms with E-state index >= 15 is 0 Å². The average Bonchev–Trinajstić information content (AvgIpc) is 2.16. The highest BCUT2D eigenvalue weighted by atomic mass is 16.4. The molecule has 0 atom stereocenters. The molecule has 0 aromatic heterocycles. The second kappa shape index (κ2) is 5.12. The predicted octanol–water partition coefficient (Wildman–Crippen LogP) is 0.265. The summed E-state index contributed by atoms with van der Waals surface area (Å²) in [5.74, 6) is -0.820. The zero-order chi connectivity index (χ0) is 10.6. The Morgan fingerprint density at radius 2 is 1.93 bits per heavy atom. The highest BCUT2D eigenvalue weighted by Crippen LogP contribution is 2.00.